The second-order valence-corrected chi connectivity index (χ2v) is 6.21. The van der Waals surface area contributed by atoms with Gasteiger partial charge in [-0.3, -0.25) is 9.69 Å². The van der Waals surface area contributed by atoms with Gasteiger partial charge in [0.1, 0.15) is 5.82 Å². The summed E-state index contributed by atoms with van der Waals surface area (Å²) < 4.78 is 2.03. The molecule has 7 heteroatoms. The number of aliphatic carboxylic acids is 1. The van der Waals surface area contributed by atoms with Crippen LogP contribution in [0.4, 0.5) is 0 Å². The van der Waals surface area contributed by atoms with Crippen LogP contribution in [0, 0.1) is 6.92 Å². The Balaban J connectivity index is 2.00. The van der Waals surface area contributed by atoms with Crippen LogP contribution in [0.2, 0.25) is 0 Å². The van der Waals surface area contributed by atoms with Crippen LogP contribution >= 0.6 is 11.8 Å². The molecule has 0 aliphatic carbocycles. The van der Waals surface area contributed by atoms with Gasteiger partial charge in [-0.15, -0.1) is 10.2 Å². The lowest BCUT2D eigenvalue weighted by Crippen LogP contribution is -2.40. The summed E-state index contributed by atoms with van der Waals surface area (Å²) in [6.45, 7) is 7.26. The second kappa shape index (κ2) is 7.08. The standard InChI is InChI=1S/C13H22N4O2S/c1-10(16-6-4-3-5-7-16)8-17-11(2)14-15-13(17)20-9-12(18)19/h10H,3-9H2,1-2H3,(H,18,19). The first kappa shape index (κ1) is 15.3. The fraction of sp³-hybridized carbons (Fsp3) is 0.769. The van der Waals surface area contributed by atoms with Gasteiger partial charge in [-0.2, -0.15) is 0 Å². The molecule has 1 unspecified atom stereocenters. The van der Waals surface area contributed by atoms with Crippen molar-refractivity contribution in [3.63, 3.8) is 0 Å². The van der Waals surface area contributed by atoms with Crippen molar-refractivity contribution in [3.8, 4) is 0 Å². The van der Waals surface area contributed by atoms with E-state index in [-0.39, 0.29) is 5.75 Å². The van der Waals surface area contributed by atoms with E-state index in [1.54, 1.807) is 0 Å². The molecule has 0 aromatic carbocycles. The number of carbonyl (C=O) groups is 1. The molecule has 1 aromatic heterocycles. The van der Waals surface area contributed by atoms with Gasteiger partial charge in [-0.25, -0.2) is 0 Å². The van der Waals surface area contributed by atoms with Gasteiger partial charge >= 0.3 is 5.97 Å². The summed E-state index contributed by atoms with van der Waals surface area (Å²) in [6.07, 6.45) is 3.87. The average Bonchev–Trinajstić information content (AvgIpc) is 2.78. The Labute approximate surface area is 123 Å². The van der Waals surface area contributed by atoms with Gasteiger partial charge < -0.3 is 9.67 Å². The minimum absolute atomic E-state index is 0.0240. The topological polar surface area (TPSA) is 71.2 Å². The number of aryl methyl sites for hydroxylation is 1. The Bertz CT molecular complexity index is 457. The van der Waals surface area contributed by atoms with E-state index in [4.69, 9.17) is 5.11 Å². The monoisotopic (exact) mass is 298 g/mol. The highest BCUT2D eigenvalue weighted by molar-refractivity contribution is 7.99. The number of hydrogen-bond acceptors (Lipinski definition) is 5. The molecule has 0 spiro atoms. The molecule has 20 heavy (non-hydrogen) atoms. The molecule has 2 heterocycles. The van der Waals surface area contributed by atoms with Crippen molar-refractivity contribution in [2.75, 3.05) is 18.8 Å². The summed E-state index contributed by atoms with van der Waals surface area (Å²) in [4.78, 5) is 13.2. The van der Waals surface area contributed by atoms with Crippen LogP contribution in [0.5, 0.6) is 0 Å². The lowest BCUT2D eigenvalue weighted by Gasteiger charge is -2.32. The van der Waals surface area contributed by atoms with E-state index >= 15 is 0 Å². The first-order valence-electron chi connectivity index (χ1n) is 7.06. The van der Waals surface area contributed by atoms with E-state index in [9.17, 15) is 4.79 Å². The third kappa shape index (κ3) is 3.96. The van der Waals surface area contributed by atoms with Gasteiger partial charge in [0.05, 0.1) is 5.75 Å². The van der Waals surface area contributed by atoms with Gasteiger partial charge in [-0.05, 0) is 39.8 Å². The zero-order valence-electron chi connectivity index (χ0n) is 12.1. The minimum atomic E-state index is -0.828. The van der Waals surface area contributed by atoms with Gasteiger partial charge in [0.2, 0.25) is 0 Å². The molecule has 112 valence electrons. The average molecular weight is 298 g/mol. The summed E-state index contributed by atoms with van der Waals surface area (Å²) in [5, 5.41) is 17.6. The van der Waals surface area contributed by atoms with Crippen molar-refractivity contribution in [1.82, 2.24) is 19.7 Å². The predicted octanol–water partition coefficient (Wildman–Crippen LogP) is 1.64. The predicted molar refractivity (Wildman–Crippen MR) is 78.0 cm³/mol. The second-order valence-electron chi connectivity index (χ2n) is 5.27. The normalized spacial score (nSPS) is 18.1. The van der Waals surface area contributed by atoms with Crippen molar-refractivity contribution < 1.29 is 9.90 Å². The highest BCUT2D eigenvalue weighted by Gasteiger charge is 2.20. The zero-order chi connectivity index (χ0) is 14.5. The zero-order valence-corrected chi connectivity index (χ0v) is 12.9. The van der Waals surface area contributed by atoms with E-state index in [1.807, 2.05) is 11.5 Å². The number of likely N-dealkylation sites (tertiary alicyclic amines) is 1. The van der Waals surface area contributed by atoms with Crippen molar-refractivity contribution in [3.05, 3.63) is 5.82 Å². The molecule has 1 atom stereocenters. The quantitative estimate of drug-likeness (QED) is 0.805. The van der Waals surface area contributed by atoms with Gasteiger partial charge in [0, 0.05) is 12.6 Å². The number of carboxylic acids is 1. The molecule has 0 amide bonds. The van der Waals surface area contributed by atoms with Crippen molar-refractivity contribution in [2.45, 2.75) is 50.9 Å². The molecule has 0 saturated carbocycles. The Morgan fingerprint density at radius 3 is 2.70 bits per heavy atom. The summed E-state index contributed by atoms with van der Waals surface area (Å²) >= 11 is 1.24. The summed E-state index contributed by atoms with van der Waals surface area (Å²) in [5.41, 5.74) is 0. The Hall–Kier alpha value is -1.08. The van der Waals surface area contributed by atoms with E-state index < -0.39 is 5.97 Å². The third-order valence-corrected chi connectivity index (χ3v) is 4.64. The fourth-order valence-corrected chi connectivity index (χ4v) is 3.26. The Morgan fingerprint density at radius 2 is 2.05 bits per heavy atom. The van der Waals surface area contributed by atoms with Crippen molar-refractivity contribution >= 4 is 17.7 Å². The van der Waals surface area contributed by atoms with E-state index in [0.717, 1.165) is 25.5 Å². The first-order valence-corrected chi connectivity index (χ1v) is 8.05. The first-order chi connectivity index (χ1) is 9.58. The molecular weight excluding hydrogens is 276 g/mol. The highest BCUT2D eigenvalue weighted by atomic mass is 32.2. The molecule has 1 fully saturated rings. The summed E-state index contributed by atoms with van der Waals surface area (Å²) in [6, 6.07) is 0.425. The number of aromatic nitrogens is 3. The minimum Gasteiger partial charge on any atom is -0.481 e. The molecule has 1 N–H and O–H groups in total. The number of piperidine rings is 1. The summed E-state index contributed by atoms with van der Waals surface area (Å²) in [7, 11) is 0. The van der Waals surface area contributed by atoms with Crippen LogP contribution in [0.1, 0.15) is 32.0 Å². The fourth-order valence-electron chi connectivity index (χ4n) is 2.54. The van der Waals surface area contributed by atoms with Crippen LogP contribution < -0.4 is 0 Å². The molecule has 6 nitrogen and oxygen atoms in total. The molecular formula is C13H22N4O2S. The lowest BCUT2D eigenvalue weighted by atomic mass is 10.1. The molecule has 0 radical (unpaired) electrons. The Kier molecular flexibility index (Phi) is 5.42. The van der Waals surface area contributed by atoms with Gasteiger partial charge in [0.15, 0.2) is 5.16 Å². The SMILES string of the molecule is Cc1nnc(SCC(=O)O)n1CC(C)N1CCCCC1. The van der Waals surface area contributed by atoms with Crippen LogP contribution in [-0.2, 0) is 11.3 Å². The van der Waals surface area contributed by atoms with Crippen molar-refractivity contribution in [2.24, 2.45) is 0 Å². The number of carboxylic acid groups (broad SMARTS) is 1. The molecule has 2 rings (SSSR count). The Morgan fingerprint density at radius 1 is 1.35 bits per heavy atom. The van der Waals surface area contributed by atoms with Crippen LogP contribution in [0.3, 0.4) is 0 Å². The van der Waals surface area contributed by atoms with Crippen molar-refractivity contribution in [1.29, 1.82) is 0 Å². The smallest absolute Gasteiger partial charge is 0.313 e. The molecule has 1 aliphatic rings. The number of hydrogen-bond donors (Lipinski definition) is 1. The van der Waals surface area contributed by atoms with E-state index in [2.05, 4.69) is 22.0 Å². The maximum Gasteiger partial charge on any atom is 0.313 e. The molecule has 1 aromatic rings. The summed E-state index contributed by atoms with van der Waals surface area (Å²) in [5.74, 6) is 0.0454. The maximum atomic E-state index is 10.7. The van der Waals surface area contributed by atoms with Gasteiger partial charge in [-0.1, -0.05) is 18.2 Å². The molecule has 0 bridgehead atoms. The molecule has 1 aliphatic heterocycles. The number of thioether (sulfide) groups is 1. The number of nitrogens with zero attached hydrogens (tertiary/aromatic N) is 4. The van der Waals surface area contributed by atoms with E-state index in [1.165, 1.54) is 31.0 Å². The van der Waals surface area contributed by atoms with Gasteiger partial charge in [0.25, 0.3) is 0 Å². The third-order valence-electron chi connectivity index (χ3n) is 3.69. The highest BCUT2D eigenvalue weighted by Crippen LogP contribution is 2.19. The molecule has 1 saturated heterocycles. The largest absolute Gasteiger partial charge is 0.481 e. The maximum absolute atomic E-state index is 10.7. The lowest BCUT2D eigenvalue weighted by molar-refractivity contribution is -0.133. The number of rotatable bonds is 6. The van der Waals surface area contributed by atoms with E-state index in [0.29, 0.717) is 11.2 Å². The van der Waals surface area contributed by atoms with Crippen LogP contribution in [0.25, 0.3) is 0 Å². The van der Waals surface area contributed by atoms with Crippen LogP contribution in [0.15, 0.2) is 5.16 Å². The van der Waals surface area contributed by atoms with Crippen LogP contribution in [-0.4, -0.2) is 55.6 Å².